The summed E-state index contributed by atoms with van der Waals surface area (Å²) in [5.74, 6) is 1.68. The molecule has 5 atom stereocenters. The van der Waals surface area contributed by atoms with Crippen LogP contribution in [0.1, 0.15) is 59.8 Å². The van der Waals surface area contributed by atoms with Crippen molar-refractivity contribution in [3.63, 3.8) is 0 Å². The molecule has 0 heterocycles. The van der Waals surface area contributed by atoms with E-state index in [0.717, 1.165) is 11.8 Å². The number of hydrogen-bond donors (Lipinski definition) is 1. The van der Waals surface area contributed by atoms with Crippen LogP contribution in [0.25, 0.3) is 0 Å². The first kappa shape index (κ1) is 14.3. The van der Waals surface area contributed by atoms with E-state index in [4.69, 9.17) is 4.74 Å². The lowest BCUT2D eigenvalue weighted by Crippen LogP contribution is -2.62. The maximum Gasteiger partial charge on any atom is 0.0662 e. The Morgan fingerprint density at radius 3 is 2.22 bits per heavy atom. The van der Waals surface area contributed by atoms with E-state index in [-0.39, 0.29) is 0 Å². The van der Waals surface area contributed by atoms with Crippen LogP contribution in [0.4, 0.5) is 0 Å². The zero-order valence-corrected chi connectivity index (χ0v) is 12.8. The Hall–Kier alpha value is -0.0800. The Bertz CT molecular complexity index is 270. The summed E-state index contributed by atoms with van der Waals surface area (Å²) in [6.07, 6.45) is 7.31. The maximum absolute atomic E-state index is 6.47. The highest BCUT2D eigenvalue weighted by molar-refractivity contribution is 5.04. The molecule has 0 aromatic rings. The minimum atomic E-state index is 0.346. The van der Waals surface area contributed by atoms with Gasteiger partial charge in [-0.25, -0.2) is 0 Å². The van der Waals surface area contributed by atoms with E-state index in [1.165, 1.54) is 32.1 Å². The van der Waals surface area contributed by atoms with Gasteiger partial charge in [0.05, 0.1) is 12.2 Å². The molecule has 106 valence electrons. The molecule has 2 heteroatoms. The van der Waals surface area contributed by atoms with Gasteiger partial charge in [0.15, 0.2) is 0 Å². The fourth-order valence-electron chi connectivity index (χ4n) is 4.17. The van der Waals surface area contributed by atoms with Gasteiger partial charge in [-0.1, -0.05) is 27.7 Å². The lowest BCUT2D eigenvalue weighted by atomic mass is 9.61. The van der Waals surface area contributed by atoms with E-state index in [1.54, 1.807) is 0 Å². The minimum absolute atomic E-state index is 0.346. The van der Waals surface area contributed by atoms with Crippen LogP contribution in [0.5, 0.6) is 0 Å². The molecule has 2 nitrogen and oxygen atoms in total. The van der Waals surface area contributed by atoms with Crippen LogP contribution in [-0.2, 0) is 4.74 Å². The lowest BCUT2D eigenvalue weighted by Gasteiger charge is -2.55. The molecule has 2 aliphatic carbocycles. The molecule has 0 aromatic carbocycles. The summed E-state index contributed by atoms with van der Waals surface area (Å²) in [6, 6.07) is 0.644. The summed E-state index contributed by atoms with van der Waals surface area (Å²) in [5.41, 5.74) is 0.346. The largest absolute Gasteiger partial charge is 0.374 e. The quantitative estimate of drug-likeness (QED) is 0.826. The Labute approximate surface area is 113 Å². The summed E-state index contributed by atoms with van der Waals surface area (Å²) in [5, 5.41) is 3.45. The predicted molar refractivity (Wildman–Crippen MR) is 76.7 cm³/mol. The fraction of sp³-hybridized carbons (Fsp3) is 1.00. The Morgan fingerprint density at radius 2 is 1.72 bits per heavy atom. The van der Waals surface area contributed by atoms with Crippen LogP contribution in [0.2, 0.25) is 0 Å². The average molecular weight is 253 g/mol. The van der Waals surface area contributed by atoms with Crippen molar-refractivity contribution in [2.75, 3.05) is 7.05 Å². The Balaban J connectivity index is 1.90. The normalized spacial score (nSPS) is 48.8. The van der Waals surface area contributed by atoms with Crippen LogP contribution in [0, 0.1) is 17.3 Å². The van der Waals surface area contributed by atoms with Gasteiger partial charge in [-0.2, -0.15) is 0 Å². The zero-order chi connectivity index (χ0) is 13.3. The molecule has 5 unspecified atom stereocenters. The number of nitrogens with one attached hydrogen (secondary N) is 1. The van der Waals surface area contributed by atoms with Crippen molar-refractivity contribution in [2.45, 2.75) is 78.0 Å². The fourth-order valence-corrected chi connectivity index (χ4v) is 4.17. The van der Waals surface area contributed by atoms with Crippen molar-refractivity contribution in [2.24, 2.45) is 17.3 Å². The van der Waals surface area contributed by atoms with E-state index >= 15 is 0 Å². The highest BCUT2D eigenvalue weighted by Crippen LogP contribution is 2.47. The van der Waals surface area contributed by atoms with Gasteiger partial charge in [-0.3, -0.25) is 0 Å². The number of rotatable bonds is 4. The minimum Gasteiger partial charge on any atom is -0.374 e. The van der Waals surface area contributed by atoms with Gasteiger partial charge in [0.1, 0.15) is 0 Å². The molecule has 2 fully saturated rings. The van der Waals surface area contributed by atoms with E-state index < -0.39 is 0 Å². The third-order valence-electron chi connectivity index (χ3n) is 5.58. The molecule has 0 amide bonds. The predicted octanol–water partition coefficient (Wildman–Crippen LogP) is 3.60. The highest BCUT2D eigenvalue weighted by Gasteiger charge is 2.51. The second-order valence-corrected chi connectivity index (χ2v) is 7.10. The second kappa shape index (κ2) is 5.50. The maximum atomic E-state index is 6.47. The topological polar surface area (TPSA) is 21.3 Å². The van der Waals surface area contributed by atoms with Crippen LogP contribution >= 0.6 is 0 Å². The van der Waals surface area contributed by atoms with Gasteiger partial charge in [-0.15, -0.1) is 0 Å². The molecule has 2 saturated carbocycles. The Kier molecular flexibility index (Phi) is 4.38. The van der Waals surface area contributed by atoms with Crippen LogP contribution in [0.15, 0.2) is 0 Å². The highest BCUT2D eigenvalue weighted by atomic mass is 16.5. The molecule has 0 spiro atoms. The summed E-state index contributed by atoms with van der Waals surface area (Å²) in [4.78, 5) is 0. The molecule has 2 aliphatic rings. The van der Waals surface area contributed by atoms with Crippen LogP contribution in [0.3, 0.4) is 0 Å². The molecule has 0 aromatic heterocycles. The molecule has 0 saturated heterocycles. The first-order chi connectivity index (χ1) is 8.49. The monoisotopic (exact) mass is 253 g/mol. The number of ether oxygens (including phenoxy) is 1. The van der Waals surface area contributed by atoms with Gasteiger partial charge in [0.2, 0.25) is 0 Å². The first-order valence-electron chi connectivity index (χ1n) is 7.82. The van der Waals surface area contributed by atoms with E-state index in [1.807, 2.05) is 0 Å². The molecule has 0 bridgehead atoms. The molecule has 0 radical (unpaired) electrons. The summed E-state index contributed by atoms with van der Waals surface area (Å²) in [7, 11) is 2.08. The van der Waals surface area contributed by atoms with Crippen molar-refractivity contribution < 1.29 is 4.74 Å². The van der Waals surface area contributed by atoms with Gasteiger partial charge in [0.25, 0.3) is 0 Å². The smallest absolute Gasteiger partial charge is 0.0662 e. The van der Waals surface area contributed by atoms with E-state index in [9.17, 15) is 0 Å². The molecule has 2 rings (SSSR count). The van der Waals surface area contributed by atoms with Crippen LogP contribution in [-0.4, -0.2) is 25.3 Å². The van der Waals surface area contributed by atoms with Crippen molar-refractivity contribution in [3.05, 3.63) is 0 Å². The summed E-state index contributed by atoms with van der Waals surface area (Å²) >= 11 is 0. The molecular weight excluding hydrogens is 222 g/mol. The standard InChI is InChI=1S/C16H31NO/c1-6-16(4)14(17-5)10-15(16)18-13-8-11(2)7-12(3)9-13/h11-15,17H,6-10H2,1-5H3. The SMILES string of the molecule is CCC1(C)C(NC)CC1OC1CC(C)CC(C)C1. The Morgan fingerprint density at radius 1 is 1.11 bits per heavy atom. The van der Waals surface area contributed by atoms with Crippen LogP contribution < -0.4 is 5.32 Å². The molecule has 1 N–H and O–H groups in total. The molecular formula is C16H31NO. The zero-order valence-electron chi connectivity index (χ0n) is 12.8. The lowest BCUT2D eigenvalue weighted by molar-refractivity contribution is -0.168. The number of hydrogen-bond acceptors (Lipinski definition) is 2. The van der Waals surface area contributed by atoms with Crippen molar-refractivity contribution >= 4 is 0 Å². The van der Waals surface area contributed by atoms with Crippen molar-refractivity contribution in [3.8, 4) is 0 Å². The van der Waals surface area contributed by atoms with Gasteiger partial charge < -0.3 is 10.1 Å². The van der Waals surface area contributed by atoms with Gasteiger partial charge in [-0.05, 0) is 51.0 Å². The van der Waals surface area contributed by atoms with Crippen molar-refractivity contribution in [1.29, 1.82) is 0 Å². The van der Waals surface area contributed by atoms with E-state index in [2.05, 4.69) is 40.1 Å². The summed E-state index contributed by atoms with van der Waals surface area (Å²) < 4.78 is 6.47. The van der Waals surface area contributed by atoms with Crippen molar-refractivity contribution in [1.82, 2.24) is 5.32 Å². The second-order valence-electron chi connectivity index (χ2n) is 7.10. The third kappa shape index (κ3) is 2.60. The van der Waals surface area contributed by atoms with Gasteiger partial charge in [0, 0.05) is 11.5 Å². The average Bonchev–Trinajstić information content (AvgIpc) is 2.31. The first-order valence-corrected chi connectivity index (χ1v) is 7.82. The third-order valence-corrected chi connectivity index (χ3v) is 5.58. The summed E-state index contributed by atoms with van der Waals surface area (Å²) in [6.45, 7) is 9.44. The molecule has 0 aliphatic heterocycles. The molecule has 18 heavy (non-hydrogen) atoms. The van der Waals surface area contributed by atoms with Gasteiger partial charge >= 0.3 is 0 Å². The van der Waals surface area contributed by atoms with E-state index in [0.29, 0.717) is 23.7 Å².